The summed E-state index contributed by atoms with van der Waals surface area (Å²) in [6.45, 7) is -0.158. The van der Waals surface area contributed by atoms with Crippen LogP contribution in [0.15, 0.2) is 87.5 Å². The maximum absolute atomic E-state index is 12.5. The minimum atomic E-state index is -0.414. The number of benzene rings is 3. The highest BCUT2D eigenvalue weighted by molar-refractivity contribution is 7.97. The first-order valence-corrected chi connectivity index (χ1v) is 13.4. The Labute approximate surface area is 206 Å². The third-order valence-electron chi connectivity index (χ3n) is 7.86. The summed E-state index contributed by atoms with van der Waals surface area (Å²) in [6, 6.07) is 25.4. The number of hydrogen-bond donors (Lipinski definition) is 0. The van der Waals surface area contributed by atoms with E-state index in [0.29, 0.717) is 5.75 Å². The van der Waals surface area contributed by atoms with E-state index in [2.05, 4.69) is 60.7 Å². The third kappa shape index (κ3) is 3.46. The van der Waals surface area contributed by atoms with Crippen molar-refractivity contribution in [2.24, 2.45) is 17.8 Å². The van der Waals surface area contributed by atoms with Gasteiger partial charge in [-0.1, -0.05) is 36.4 Å². The summed E-state index contributed by atoms with van der Waals surface area (Å²) in [5, 5.41) is 0. The number of carbonyl (C=O) groups is 2. The van der Waals surface area contributed by atoms with E-state index >= 15 is 0 Å². The van der Waals surface area contributed by atoms with Gasteiger partial charge < -0.3 is 14.2 Å². The van der Waals surface area contributed by atoms with Crippen LogP contribution in [0.1, 0.15) is 24.0 Å². The van der Waals surface area contributed by atoms with Crippen molar-refractivity contribution < 1.29 is 23.8 Å². The normalized spacial score (nSPS) is 27.8. The molecule has 0 radical (unpaired) electrons. The predicted molar refractivity (Wildman–Crippen MR) is 129 cm³/mol. The number of rotatable bonds is 5. The molecule has 7 rings (SSSR count). The highest BCUT2D eigenvalue weighted by Gasteiger charge is 2.63. The molecule has 2 aliphatic carbocycles. The van der Waals surface area contributed by atoms with Gasteiger partial charge >= 0.3 is 11.9 Å². The van der Waals surface area contributed by atoms with E-state index in [4.69, 9.17) is 14.2 Å². The van der Waals surface area contributed by atoms with Gasteiger partial charge in [0.2, 0.25) is 0 Å². The predicted octanol–water partition coefficient (Wildman–Crippen LogP) is 4.56. The van der Waals surface area contributed by atoms with Crippen molar-refractivity contribution in [1.82, 2.24) is 0 Å². The number of carbonyl (C=O) groups excluding carboxylic acids is 2. The lowest BCUT2D eigenvalue weighted by molar-refractivity contribution is -0.163. The van der Waals surface area contributed by atoms with Crippen molar-refractivity contribution >= 4 is 22.8 Å². The van der Waals surface area contributed by atoms with Gasteiger partial charge in [-0.15, -0.1) is 0 Å². The lowest BCUT2D eigenvalue weighted by Gasteiger charge is -2.25. The largest absolute Gasteiger partial charge is 0.482 e. The fraction of sp³-hybridized carbons (Fsp3) is 0.310. The molecule has 0 N–H and O–H groups in total. The Balaban J connectivity index is 1.04. The molecule has 6 heteroatoms. The molecule has 0 amide bonds. The molecular formula is C29H25O5S+. The van der Waals surface area contributed by atoms with Crippen molar-refractivity contribution in [2.45, 2.75) is 46.2 Å². The molecule has 1 saturated heterocycles. The molecule has 4 aliphatic rings. The Morgan fingerprint density at radius 2 is 1.60 bits per heavy atom. The third-order valence-corrected chi connectivity index (χ3v) is 10.3. The molecule has 0 spiro atoms. The van der Waals surface area contributed by atoms with Crippen molar-refractivity contribution in [2.75, 3.05) is 6.61 Å². The number of fused-ring (bicyclic) bond motifs is 3. The summed E-state index contributed by atoms with van der Waals surface area (Å²) in [5.74, 6) is 0.553. The van der Waals surface area contributed by atoms with Gasteiger partial charge in [-0.2, -0.15) is 0 Å². The van der Waals surface area contributed by atoms with Crippen LogP contribution in [0.5, 0.6) is 5.75 Å². The van der Waals surface area contributed by atoms with Gasteiger partial charge in [0.15, 0.2) is 21.3 Å². The second-order valence-corrected chi connectivity index (χ2v) is 11.8. The summed E-state index contributed by atoms with van der Waals surface area (Å²) >= 11 is 0. The zero-order valence-corrected chi connectivity index (χ0v) is 19.9. The van der Waals surface area contributed by atoms with Gasteiger partial charge in [0.05, 0.1) is 16.8 Å². The first-order chi connectivity index (χ1) is 17.2. The van der Waals surface area contributed by atoms with Crippen molar-refractivity contribution in [3.8, 4) is 5.75 Å². The summed E-state index contributed by atoms with van der Waals surface area (Å²) in [6.07, 6.45) is 2.05. The van der Waals surface area contributed by atoms with Gasteiger partial charge in [-0.3, -0.25) is 4.79 Å². The minimum absolute atomic E-state index is 0.0125. The molecule has 5 unspecified atom stereocenters. The van der Waals surface area contributed by atoms with Gasteiger partial charge in [0.25, 0.3) is 0 Å². The van der Waals surface area contributed by atoms with Crippen molar-refractivity contribution in [3.05, 3.63) is 83.9 Å². The highest BCUT2D eigenvalue weighted by Crippen LogP contribution is 2.55. The fourth-order valence-electron chi connectivity index (χ4n) is 6.34. The Morgan fingerprint density at radius 3 is 2.31 bits per heavy atom. The quantitative estimate of drug-likeness (QED) is 0.306. The van der Waals surface area contributed by atoms with Crippen LogP contribution in [-0.4, -0.2) is 30.8 Å². The average molecular weight is 486 g/mol. The Bertz CT molecular complexity index is 1270. The van der Waals surface area contributed by atoms with E-state index in [0.717, 1.165) is 19.3 Å². The maximum atomic E-state index is 12.5. The highest BCUT2D eigenvalue weighted by atomic mass is 32.2. The first-order valence-electron chi connectivity index (χ1n) is 12.2. The Kier molecular flexibility index (Phi) is 4.91. The molecular weight excluding hydrogens is 460 g/mol. The maximum Gasteiger partial charge on any atom is 0.344 e. The zero-order valence-electron chi connectivity index (χ0n) is 19.1. The number of hydrogen-bond acceptors (Lipinski definition) is 5. The topological polar surface area (TPSA) is 61.8 Å². The molecule has 2 heterocycles. The van der Waals surface area contributed by atoms with Gasteiger partial charge in [0, 0.05) is 29.4 Å². The summed E-state index contributed by atoms with van der Waals surface area (Å²) < 4.78 is 16.9. The summed E-state index contributed by atoms with van der Waals surface area (Å²) in [5.41, 5.74) is 2.75. The standard InChI is InChI=1S/C29H25O5S/c30-26(33-27-19-14-22-23(15-19)29(31)34-28(22)27)16-32-20-9-11-21(12-10-20)35-24-7-3-1-5-17(24)13-18-6-2-4-8-25(18)35/h1-12,19,22-23,27-28H,13-16H2/q+1. The Hall–Kier alpha value is -3.25. The van der Waals surface area contributed by atoms with Crippen molar-refractivity contribution in [1.29, 1.82) is 0 Å². The molecule has 2 bridgehead atoms. The van der Waals surface area contributed by atoms with Crippen LogP contribution in [0.2, 0.25) is 0 Å². The number of ether oxygens (including phenoxy) is 3. The molecule has 3 aromatic carbocycles. The Morgan fingerprint density at radius 1 is 0.914 bits per heavy atom. The van der Waals surface area contributed by atoms with Gasteiger partial charge in [-0.25, -0.2) is 4.79 Å². The van der Waals surface area contributed by atoms with E-state index in [9.17, 15) is 9.59 Å². The molecule has 3 aromatic rings. The molecule has 2 saturated carbocycles. The van der Waals surface area contributed by atoms with E-state index in [1.54, 1.807) is 0 Å². The lowest BCUT2D eigenvalue weighted by atomic mass is 9.88. The van der Waals surface area contributed by atoms with E-state index in [1.807, 2.05) is 12.1 Å². The van der Waals surface area contributed by atoms with Crippen LogP contribution in [0.3, 0.4) is 0 Å². The minimum Gasteiger partial charge on any atom is -0.482 e. The molecule has 0 aromatic heterocycles. The lowest BCUT2D eigenvalue weighted by Crippen LogP contribution is -2.37. The van der Waals surface area contributed by atoms with Gasteiger partial charge in [-0.05, 0) is 49.2 Å². The molecule has 5 nitrogen and oxygen atoms in total. The monoisotopic (exact) mass is 485 g/mol. The van der Waals surface area contributed by atoms with Crippen LogP contribution in [0.4, 0.5) is 0 Å². The van der Waals surface area contributed by atoms with Crippen LogP contribution in [0, 0.1) is 17.8 Å². The second-order valence-electron chi connectivity index (χ2n) is 9.82. The SMILES string of the molecule is O=C(COc1ccc([S+]2c3ccccc3Cc3ccccc32)cc1)OC1C2CC3C(=O)OC1C3C2. The second kappa shape index (κ2) is 8.16. The van der Waals surface area contributed by atoms with Crippen LogP contribution < -0.4 is 4.74 Å². The molecule has 2 aliphatic heterocycles. The van der Waals surface area contributed by atoms with E-state index in [1.165, 1.54) is 25.8 Å². The first kappa shape index (κ1) is 21.1. The average Bonchev–Trinajstić information content (AvgIpc) is 3.52. The fourth-order valence-corrected chi connectivity index (χ4v) is 8.73. The molecule has 3 fully saturated rings. The molecule has 35 heavy (non-hydrogen) atoms. The zero-order chi connectivity index (χ0) is 23.5. The van der Waals surface area contributed by atoms with Crippen LogP contribution in [0.25, 0.3) is 0 Å². The number of esters is 2. The molecule has 176 valence electrons. The summed E-state index contributed by atoms with van der Waals surface area (Å²) in [4.78, 5) is 28.4. The summed E-state index contributed by atoms with van der Waals surface area (Å²) in [7, 11) is -0.176. The van der Waals surface area contributed by atoms with Crippen LogP contribution >= 0.6 is 0 Å². The smallest absolute Gasteiger partial charge is 0.344 e. The van der Waals surface area contributed by atoms with Crippen LogP contribution in [-0.2, 0) is 36.4 Å². The molecule has 5 atom stereocenters. The van der Waals surface area contributed by atoms with E-state index < -0.39 is 5.97 Å². The van der Waals surface area contributed by atoms with Crippen molar-refractivity contribution in [3.63, 3.8) is 0 Å². The van der Waals surface area contributed by atoms with Gasteiger partial charge in [0.1, 0.15) is 18.0 Å². The van der Waals surface area contributed by atoms with E-state index in [-0.39, 0.29) is 53.4 Å².